The fourth-order valence-electron chi connectivity index (χ4n) is 2.27. The molecule has 0 saturated carbocycles. The summed E-state index contributed by atoms with van der Waals surface area (Å²) in [5, 5.41) is 4.18. The number of nitrogens with zero attached hydrogens (tertiary/aromatic N) is 3. The monoisotopic (exact) mass is 320 g/mol. The van der Waals surface area contributed by atoms with E-state index in [2.05, 4.69) is 36.1 Å². The molecule has 0 saturated heterocycles. The van der Waals surface area contributed by atoms with E-state index in [4.69, 9.17) is 0 Å². The van der Waals surface area contributed by atoms with Crippen molar-refractivity contribution in [2.45, 2.75) is 53.6 Å². The Bertz CT molecular complexity index is 625. The number of thiazole rings is 1. The van der Waals surface area contributed by atoms with Gasteiger partial charge in [-0.15, -0.1) is 11.3 Å². The smallest absolute Gasteiger partial charge is 0.225 e. The summed E-state index contributed by atoms with van der Waals surface area (Å²) in [5.74, 6) is 0.0480. The number of hydrogen-bond donors (Lipinski definition) is 1. The minimum Gasteiger partial charge on any atom is -0.351 e. The van der Waals surface area contributed by atoms with Gasteiger partial charge >= 0.3 is 0 Å². The molecule has 0 aliphatic heterocycles. The third kappa shape index (κ3) is 4.40. The molecule has 0 aliphatic carbocycles. The van der Waals surface area contributed by atoms with Crippen LogP contribution in [0.2, 0.25) is 0 Å². The third-order valence-corrected chi connectivity index (χ3v) is 4.73. The van der Waals surface area contributed by atoms with E-state index in [9.17, 15) is 4.79 Å². The van der Waals surface area contributed by atoms with Crippen LogP contribution in [0.15, 0.2) is 18.7 Å². The van der Waals surface area contributed by atoms with Crippen LogP contribution in [0.4, 0.5) is 0 Å². The second-order valence-corrected chi connectivity index (χ2v) is 7.95. The molecule has 1 atom stereocenters. The zero-order valence-corrected chi connectivity index (χ0v) is 14.7. The molecule has 6 heteroatoms. The van der Waals surface area contributed by atoms with Crippen LogP contribution in [0.1, 0.15) is 36.3 Å². The summed E-state index contributed by atoms with van der Waals surface area (Å²) in [5.41, 5.74) is 0.929. The molecule has 120 valence electrons. The Hall–Kier alpha value is -1.69. The summed E-state index contributed by atoms with van der Waals surface area (Å²) in [6.07, 6.45) is 5.85. The lowest BCUT2D eigenvalue weighted by molar-refractivity contribution is -0.122. The van der Waals surface area contributed by atoms with Gasteiger partial charge in [0, 0.05) is 23.8 Å². The predicted molar refractivity (Wildman–Crippen MR) is 88.9 cm³/mol. The van der Waals surface area contributed by atoms with Gasteiger partial charge in [0.15, 0.2) is 0 Å². The van der Waals surface area contributed by atoms with E-state index in [-0.39, 0.29) is 17.4 Å². The Morgan fingerprint density at radius 1 is 1.41 bits per heavy atom. The lowest BCUT2D eigenvalue weighted by Gasteiger charge is -2.31. The van der Waals surface area contributed by atoms with Gasteiger partial charge in [-0.2, -0.15) is 0 Å². The van der Waals surface area contributed by atoms with Gasteiger partial charge in [0.1, 0.15) is 0 Å². The van der Waals surface area contributed by atoms with Gasteiger partial charge in [0.25, 0.3) is 0 Å². The zero-order valence-electron chi connectivity index (χ0n) is 13.9. The third-order valence-electron chi connectivity index (χ3n) is 3.65. The highest BCUT2D eigenvalue weighted by Gasteiger charge is 2.27. The van der Waals surface area contributed by atoms with E-state index in [1.165, 1.54) is 0 Å². The molecule has 1 amide bonds. The summed E-state index contributed by atoms with van der Waals surface area (Å²) >= 11 is 1.60. The topological polar surface area (TPSA) is 59.8 Å². The molecule has 2 heterocycles. The fraction of sp³-hybridized carbons (Fsp3) is 0.562. The van der Waals surface area contributed by atoms with Crippen molar-refractivity contribution >= 4 is 17.2 Å². The molecule has 0 aliphatic rings. The molecule has 2 aromatic heterocycles. The lowest BCUT2D eigenvalue weighted by Crippen LogP contribution is -2.46. The highest BCUT2D eigenvalue weighted by molar-refractivity contribution is 7.11. The van der Waals surface area contributed by atoms with Gasteiger partial charge in [-0.05, 0) is 19.3 Å². The molecule has 5 nitrogen and oxygen atoms in total. The number of hydrogen-bond acceptors (Lipinski definition) is 4. The standard InChI is InChI=1S/C16H24N4OS/c1-11-13(22-12(2)18-11)8-15(21)19-14(16(3,4)5)9-20-7-6-17-10-20/h6-7,10,14H,8-9H2,1-5H3,(H,19,21). The number of aryl methyl sites for hydroxylation is 2. The van der Waals surface area contributed by atoms with E-state index in [0.717, 1.165) is 22.1 Å². The summed E-state index contributed by atoms with van der Waals surface area (Å²) in [4.78, 5) is 21.9. The van der Waals surface area contributed by atoms with Crippen molar-refractivity contribution in [2.24, 2.45) is 5.41 Å². The second kappa shape index (κ2) is 6.60. The number of imidazole rings is 1. The molecule has 2 rings (SSSR count). The first-order valence-corrected chi connectivity index (χ1v) is 8.25. The highest BCUT2D eigenvalue weighted by Crippen LogP contribution is 2.22. The van der Waals surface area contributed by atoms with Crippen LogP contribution in [-0.2, 0) is 17.8 Å². The minimum absolute atomic E-state index is 0.0292. The van der Waals surface area contributed by atoms with Crippen LogP contribution >= 0.6 is 11.3 Å². The molecule has 1 N–H and O–H groups in total. The molecule has 0 aromatic carbocycles. The first-order valence-electron chi connectivity index (χ1n) is 7.43. The Balaban J connectivity index is 2.03. The molecule has 2 aromatic rings. The second-order valence-electron chi connectivity index (χ2n) is 6.66. The normalized spacial score (nSPS) is 13.1. The Kier molecular flexibility index (Phi) is 5.01. The van der Waals surface area contributed by atoms with Crippen LogP contribution in [0.25, 0.3) is 0 Å². The van der Waals surface area contributed by atoms with Crippen molar-refractivity contribution in [1.82, 2.24) is 19.9 Å². The summed E-state index contributed by atoms with van der Waals surface area (Å²) in [6.45, 7) is 11.1. The molecule has 0 radical (unpaired) electrons. The quantitative estimate of drug-likeness (QED) is 0.921. The maximum atomic E-state index is 12.4. The van der Waals surface area contributed by atoms with Crippen LogP contribution in [0.5, 0.6) is 0 Å². The zero-order chi connectivity index (χ0) is 16.3. The number of amides is 1. The molecule has 0 spiro atoms. The molecule has 1 unspecified atom stereocenters. The highest BCUT2D eigenvalue weighted by atomic mass is 32.1. The van der Waals surface area contributed by atoms with Crippen molar-refractivity contribution in [1.29, 1.82) is 0 Å². The Morgan fingerprint density at radius 3 is 2.64 bits per heavy atom. The maximum absolute atomic E-state index is 12.4. The summed E-state index contributed by atoms with van der Waals surface area (Å²) in [6, 6.07) is 0.0449. The van der Waals surface area contributed by atoms with Gasteiger partial charge in [-0.3, -0.25) is 4.79 Å². The van der Waals surface area contributed by atoms with Crippen LogP contribution < -0.4 is 5.32 Å². The molecular weight excluding hydrogens is 296 g/mol. The fourth-order valence-corrected chi connectivity index (χ4v) is 3.21. The number of aromatic nitrogens is 3. The number of carbonyl (C=O) groups excluding carboxylic acids is 1. The van der Waals surface area contributed by atoms with Crippen LogP contribution in [0, 0.1) is 19.3 Å². The average Bonchev–Trinajstić information content (AvgIpc) is 2.98. The SMILES string of the molecule is Cc1nc(C)c(CC(=O)NC(Cn2ccnc2)C(C)(C)C)s1. The summed E-state index contributed by atoms with van der Waals surface area (Å²) < 4.78 is 2.00. The molecular formula is C16H24N4OS. The van der Waals surface area contributed by atoms with E-state index < -0.39 is 0 Å². The average molecular weight is 320 g/mol. The maximum Gasteiger partial charge on any atom is 0.225 e. The van der Waals surface area contributed by atoms with Crippen molar-refractivity contribution in [3.05, 3.63) is 34.3 Å². The first kappa shape index (κ1) is 16.7. The number of nitrogens with one attached hydrogen (secondary N) is 1. The minimum atomic E-state index is -0.0292. The van der Waals surface area contributed by atoms with Gasteiger partial charge in [0.2, 0.25) is 5.91 Å². The first-order chi connectivity index (χ1) is 10.3. The van der Waals surface area contributed by atoms with Crippen molar-refractivity contribution in [3.63, 3.8) is 0 Å². The van der Waals surface area contributed by atoms with Crippen LogP contribution in [0.3, 0.4) is 0 Å². The molecule has 22 heavy (non-hydrogen) atoms. The van der Waals surface area contributed by atoms with Crippen molar-refractivity contribution < 1.29 is 4.79 Å². The summed E-state index contributed by atoms with van der Waals surface area (Å²) in [7, 11) is 0. The van der Waals surface area contributed by atoms with Crippen LogP contribution in [-0.4, -0.2) is 26.5 Å². The Labute approximate surface area is 135 Å². The van der Waals surface area contributed by atoms with Crippen molar-refractivity contribution in [3.8, 4) is 0 Å². The largest absolute Gasteiger partial charge is 0.351 e. The van der Waals surface area contributed by atoms with E-state index in [1.54, 1.807) is 23.9 Å². The Morgan fingerprint density at radius 2 is 2.14 bits per heavy atom. The van der Waals surface area contributed by atoms with E-state index >= 15 is 0 Å². The predicted octanol–water partition coefficient (Wildman–Crippen LogP) is 2.73. The van der Waals surface area contributed by atoms with Crippen molar-refractivity contribution in [2.75, 3.05) is 0 Å². The van der Waals surface area contributed by atoms with E-state index in [1.807, 2.05) is 24.6 Å². The van der Waals surface area contributed by atoms with Gasteiger partial charge in [0.05, 0.1) is 29.5 Å². The van der Waals surface area contributed by atoms with Gasteiger partial charge in [-0.25, -0.2) is 9.97 Å². The van der Waals surface area contributed by atoms with Gasteiger partial charge in [-0.1, -0.05) is 20.8 Å². The molecule has 0 fully saturated rings. The van der Waals surface area contributed by atoms with Gasteiger partial charge < -0.3 is 9.88 Å². The number of rotatable bonds is 5. The number of carbonyl (C=O) groups is 1. The lowest BCUT2D eigenvalue weighted by atomic mass is 9.86. The molecule has 0 bridgehead atoms. The van der Waals surface area contributed by atoms with E-state index in [0.29, 0.717) is 6.42 Å².